The lowest BCUT2D eigenvalue weighted by Gasteiger charge is -2.31. The summed E-state index contributed by atoms with van der Waals surface area (Å²) in [6.45, 7) is 9.41. The lowest BCUT2D eigenvalue weighted by Crippen LogP contribution is -3.15. The van der Waals surface area contributed by atoms with Crippen LogP contribution < -0.4 is 4.90 Å². The van der Waals surface area contributed by atoms with Gasteiger partial charge in [-0.3, -0.25) is 9.59 Å². The van der Waals surface area contributed by atoms with E-state index in [9.17, 15) is 9.59 Å². The highest BCUT2D eigenvalue weighted by atomic mass is 16.2. The van der Waals surface area contributed by atoms with Crippen molar-refractivity contribution in [2.75, 3.05) is 32.7 Å². The Morgan fingerprint density at radius 1 is 1.04 bits per heavy atom. The van der Waals surface area contributed by atoms with E-state index in [1.807, 2.05) is 11.0 Å². The average molecular weight is 381 g/mol. The SMILES string of the molecule is CC(=O)N1CC[NH+](CC(=O)c2cc(C)n(-c3ccc4c(c3)CCC4)c2C)CC1. The van der Waals surface area contributed by atoms with Crippen molar-refractivity contribution < 1.29 is 14.5 Å². The van der Waals surface area contributed by atoms with Gasteiger partial charge in [0.25, 0.3) is 0 Å². The number of hydrogen-bond acceptors (Lipinski definition) is 2. The molecule has 4 rings (SSSR count). The second-order valence-corrected chi connectivity index (χ2v) is 8.28. The summed E-state index contributed by atoms with van der Waals surface area (Å²) in [7, 11) is 0. The van der Waals surface area contributed by atoms with Crippen molar-refractivity contribution in [2.45, 2.75) is 40.0 Å². The summed E-state index contributed by atoms with van der Waals surface area (Å²) < 4.78 is 2.22. The number of piperazine rings is 1. The third kappa shape index (κ3) is 3.51. The first-order valence-electron chi connectivity index (χ1n) is 10.4. The highest BCUT2D eigenvalue weighted by molar-refractivity contribution is 5.98. The van der Waals surface area contributed by atoms with E-state index in [0.29, 0.717) is 6.54 Å². The smallest absolute Gasteiger partial charge is 0.219 e. The maximum atomic E-state index is 13.0. The molecule has 1 aromatic heterocycles. The third-order valence-corrected chi connectivity index (χ3v) is 6.40. The van der Waals surface area contributed by atoms with E-state index in [2.05, 4.69) is 36.6 Å². The molecule has 5 nitrogen and oxygen atoms in total. The number of carbonyl (C=O) groups excluding carboxylic acids is 2. The molecule has 28 heavy (non-hydrogen) atoms. The molecular formula is C23H30N3O2+. The normalized spacial score (nSPS) is 17.0. The zero-order valence-corrected chi connectivity index (χ0v) is 17.2. The third-order valence-electron chi connectivity index (χ3n) is 6.40. The van der Waals surface area contributed by atoms with Gasteiger partial charge < -0.3 is 14.4 Å². The van der Waals surface area contributed by atoms with Crippen molar-refractivity contribution in [3.05, 3.63) is 52.3 Å². The Bertz CT molecular complexity index is 920. The van der Waals surface area contributed by atoms with E-state index in [-0.39, 0.29) is 11.7 Å². The van der Waals surface area contributed by atoms with Gasteiger partial charge in [-0.1, -0.05) is 6.07 Å². The van der Waals surface area contributed by atoms with Gasteiger partial charge in [0.1, 0.15) is 6.54 Å². The molecule has 2 aliphatic rings. The van der Waals surface area contributed by atoms with Gasteiger partial charge >= 0.3 is 0 Å². The molecule has 0 saturated carbocycles. The first-order valence-corrected chi connectivity index (χ1v) is 10.4. The van der Waals surface area contributed by atoms with Crippen LogP contribution in [0.2, 0.25) is 0 Å². The van der Waals surface area contributed by atoms with Crippen LogP contribution in [-0.4, -0.2) is 53.9 Å². The van der Waals surface area contributed by atoms with Gasteiger partial charge in [0, 0.05) is 29.6 Å². The first kappa shape index (κ1) is 18.9. The van der Waals surface area contributed by atoms with Crippen LogP contribution in [0.15, 0.2) is 24.3 Å². The topological polar surface area (TPSA) is 46.8 Å². The van der Waals surface area contributed by atoms with E-state index >= 15 is 0 Å². The molecule has 2 heterocycles. The molecule has 0 bridgehead atoms. The largest absolute Gasteiger partial charge is 0.332 e. The minimum absolute atomic E-state index is 0.128. The van der Waals surface area contributed by atoms with E-state index < -0.39 is 0 Å². The number of rotatable bonds is 4. The molecule has 1 amide bonds. The Labute approximate surface area is 166 Å². The number of Topliss-reactive ketones (excluding diaryl/α,β-unsaturated/α-hetero) is 1. The quantitative estimate of drug-likeness (QED) is 0.818. The number of hydrogen-bond donors (Lipinski definition) is 1. The second-order valence-electron chi connectivity index (χ2n) is 8.28. The van der Waals surface area contributed by atoms with Crippen molar-refractivity contribution in [3.8, 4) is 5.69 Å². The molecule has 148 valence electrons. The maximum Gasteiger partial charge on any atom is 0.219 e. The van der Waals surface area contributed by atoms with Gasteiger partial charge in [-0.15, -0.1) is 0 Å². The zero-order chi connectivity index (χ0) is 19.8. The zero-order valence-electron chi connectivity index (χ0n) is 17.2. The van der Waals surface area contributed by atoms with Crippen LogP contribution in [0.4, 0.5) is 0 Å². The van der Waals surface area contributed by atoms with Crippen LogP contribution >= 0.6 is 0 Å². The van der Waals surface area contributed by atoms with E-state index in [0.717, 1.165) is 55.2 Å². The Balaban J connectivity index is 1.51. The van der Waals surface area contributed by atoms with Crippen LogP contribution in [0.1, 0.15) is 46.2 Å². The van der Waals surface area contributed by atoms with Crippen molar-refractivity contribution in [3.63, 3.8) is 0 Å². The van der Waals surface area contributed by atoms with Gasteiger partial charge in [-0.2, -0.15) is 0 Å². The van der Waals surface area contributed by atoms with Crippen molar-refractivity contribution >= 4 is 11.7 Å². The fourth-order valence-corrected chi connectivity index (χ4v) is 4.78. The molecule has 0 atom stereocenters. The Kier molecular flexibility index (Phi) is 5.11. The lowest BCUT2D eigenvalue weighted by atomic mass is 10.1. The number of quaternary nitrogens is 1. The molecule has 1 N–H and O–H groups in total. The summed E-state index contributed by atoms with van der Waals surface area (Å²) in [4.78, 5) is 27.6. The fraction of sp³-hybridized carbons (Fsp3) is 0.478. The molecule has 0 spiro atoms. The average Bonchev–Trinajstić information content (AvgIpc) is 3.25. The highest BCUT2D eigenvalue weighted by Gasteiger charge is 2.26. The summed E-state index contributed by atoms with van der Waals surface area (Å²) in [6.07, 6.45) is 3.58. The molecule has 1 aliphatic heterocycles. The van der Waals surface area contributed by atoms with Crippen LogP contribution in [0, 0.1) is 13.8 Å². The number of aromatic nitrogens is 1. The molecule has 2 aromatic rings. The minimum Gasteiger partial charge on any atom is -0.332 e. The van der Waals surface area contributed by atoms with Crippen LogP contribution in [0.25, 0.3) is 5.69 Å². The number of carbonyl (C=O) groups is 2. The standard InChI is InChI=1S/C23H29N3O2/c1-16-13-22(23(28)15-24-9-11-25(12-10-24)18(3)27)17(2)26(16)21-8-7-19-5-4-6-20(19)14-21/h7-8,13-14H,4-6,9-12,15H2,1-3H3/p+1. The lowest BCUT2D eigenvalue weighted by molar-refractivity contribution is -0.895. The molecule has 1 saturated heterocycles. The number of aryl methyl sites for hydroxylation is 3. The fourth-order valence-electron chi connectivity index (χ4n) is 4.78. The number of amides is 1. The molecule has 5 heteroatoms. The van der Waals surface area contributed by atoms with Crippen LogP contribution in [0.5, 0.6) is 0 Å². The Morgan fingerprint density at radius 2 is 1.75 bits per heavy atom. The molecular weight excluding hydrogens is 350 g/mol. The molecule has 1 aromatic carbocycles. The number of ketones is 1. The van der Waals surface area contributed by atoms with Crippen molar-refractivity contribution in [2.24, 2.45) is 0 Å². The molecule has 0 unspecified atom stereocenters. The Morgan fingerprint density at radius 3 is 2.46 bits per heavy atom. The summed E-state index contributed by atoms with van der Waals surface area (Å²) in [6, 6.07) is 8.76. The number of benzene rings is 1. The van der Waals surface area contributed by atoms with Gasteiger partial charge in [0.05, 0.1) is 26.2 Å². The number of nitrogens with one attached hydrogen (secondary N) is 1. The molecule has 0 radical (unpaired) electrons. The van der Waals surface area contributed by atoms with E-state index in [1.54, 1.807) is 6.92 Å². The van der Waals surface area contributed by atoms with Crippen LogP contribution in [-0.2, 0) is 17.6 Å². The van der Waals surface area contributed by atoms with E-state index in [1.165, 1.54) is 28.9 Å². The molecule has 1 aliphatic carbocycles. The van der Waals surface area contributed by atoms with E-state index in [4.69, 9.17) is 0 Å². The predicted octanol–water partition coefficient (Wildman–Crippen LogP) is 1.51. The van der Waals surface area contributed by atoms with Crippen molar-refractivity contribution in [1.29, 1.82) is 0 Å². The minimum atomic E-state index is 0.128. The number of fused-ring (bicyclic) bond motifs is 1. The predicted molar refractivity (Wildman–Crippen MR) is 109 cm³/mol. The second kappa shape index (κ2) is 7.55. The van der Waals surface area contributed by atoms with Crippen molar-refractivity contribution in [1.82, 2.24) is 9.47 Å². The molecule has 1 fully saturated rings. The van der Waals surface area contributed by atoms with Gasteiger partial charge in [0.2, 0.25) is 11.7 Å². The van der Waals surface area contributed by atoms with Gasteiger partial charge in [-0.05, 0) is 62.4 Å². The Hall–Kier alpha value is -2.40. The van der Waals surface area contributed by atoms with Gasteiger partial charge in [0.15, 0.2) is 0 Å². The highest BCUT2D eigenvalue weighted by Crippen LogP contribution is 2.27. The van der Waals surface area contributed by atoms with Crippen LogP contribution in [0.3, 0.4) is 0 Å². The maximum absolute atomic E-state index is 13.0. The summed E-state index contributed by atoms with van der Waals surface area (Å²) in [5.74, 6) is 0.329. The number of nitrogens with zero attached hydrogens (tertiary/aromatic N) is 2. The summed E-state index contributed by atoms with van der Waals surface area (Å²) >= 11 is 0. The first-order chi connectivity index (χ1) is 13.4. The monoisotopic (exact) mass is 380 g/mol. The summed E-state index contributed by atoms with van der Waals surface area (Å²) in [5.41, 5.74) is 7.05. The van der Waals surface area contributed by atoms with Gasteiger partial charge in [-0.25, -0.2) is 0 Å². The summed E-state index contributed by atoms with van der Waals surface area (Å²) in [5, 5.41) is 0.